The summed E-state index contributed by atoms with van der Waals surface area (Å²) >= 11 is 0. The van der Waals surface area contributed by atoms with Crippen LogP contribution in [0, 0.1) is 0 Å². The van der Waals surface area contributed by atoms with Gasteiger partial charge in [0, 0.05) is 13.0 Å². The van der Waals surface area contributed by atoms with Crippen molar-refractivity contribution in [2.24, 2.45) is 0 Å². The second kappa shape index (κ2) is 6.98. The van der Waals surface area contributed by atoms with Gasteiger partial charge in [0.1, 0.15) is 5.69 Å². The van der Waals surface area contributed by atoms with E-state index in [1.54, 1.807) is 0 Å². The van der Waals surface area contributed by atoms with E-state index in [-0.39, 0.29) is 18.1 Å². The van der Waals surface area contributed by atoms with E-state index in [0.717, 1.165) is 11.1 Å². The van der Waals surface area contributed by atoms with Gasteiger partial charge in [-0.1, -0.05) is 42.5 Å². The molecule has 2 aromatic carbocycles. The summed E-state index contributed by atoms with van der Waals surface area (Å²) in [7, 11) is 0. The molecule has 0 fully saturated rings. The van der Waals surface area contributed by atoms with Crippen molar-refractivity contribution >= 4 is 16.9 Å². The van der Waals surface area contributed by atoms with Crippen LogP contribution in [-0.2, 0) is 6.42 Å². The predicted octanol–water partition coefficient (Wildman–Crippen LogP) is 1.96. The van der Waals surface area contributed by atoms with E-state index in [1.165, 1.54) is 6.20 Å². The summed E-state index contributed by atoms with van der Waals surface area (Å²) in [4.78, 5) is 20.6. The van der Waals surface area contributed by atoms with Crippen LogP contribution in [0.15, 0.2) is 60.8 Å². The quantitative estimate of drug-likeness (QED) is 0.755. The monoisotopic (exact) mass is 307 g/mol. The highest BCUT2D eigenvalue weighted by molar-refractivity contribution is 5.93. The molecular formula is C18H17N3O2. The van der Waals surface area contributed by atoms with Crippen molar-refractivity contribution in [3.63, 3.8) is 0 Å². The van der Waals surface area contributed by atoms with Gasteiger partial charge >= 0.3 is 0 Å². The van der Waals surface area contributed by atoms with Crippen molar-refractivity contribution in [3.8, 4) is 0 Å². The number of aromatic nitrogens is 2. The van der Waals surface area contributed by atoms with Gasteiger partial charge < -0.3 is 10.4 Å². The van der Waals surface area contributed by atoms with Crippen LogP contribution < -0.4 is 5.32 Å². The van der Waals surface area contributed by atoms with E-state index in [2.05, 4.69) is 15.3 Å². The molecule has 0 saturated carbocycles. The molecule has 0 aliphatic carbocycles. The molecule has 0 bridgehead atoms. The Morgan fingerprint density at radius 1 is 1.04 bits per heavy atom. The van der Waals surface area contributed by atoms with Crippen LogP contribution in [0.5, 0.6) is 0 Å². The van der Waals surface area contributed by atoms with Gasteiger partial charge in [0.2, 0.25) is 0 Å². The predicted molar refractivity (Wildman–Crippen MR) is 88.0 cm³/mol. The largest absolute Gasteiger partial charge is 0.391 e. The fourth-order valence-electron chi connectivity index (χ4n) is 2.33. The first-order chi connectivity index (χ1) is 11.2. The molecular weight excluding hydrogens is 290 g/mol. The Bertz CT molecular complexity index is 805. The number of para-hydroxylation sites is 2. The third-order valence-electron chi connectivity index (χ3n) is 3.49. The molecule has 2 N–H and O–H groups in total. The van der Waals surface area contributed by atoms with E-state index < -0.39 is 6.10 Å². The van der Waals surface area contributed by atoms with Gasteiger partial charge in [-0.3, -0.25) is 9.78 Å². The van der Waals surface area contributed by atoms with Gasteiger partial charge in [-0.15, -0.1) is 0 Å². The summed E-state index contributed by atoms with van der Waals surface area (Å²) in [6, 6.07) is 17.0. The Hall–Kier alpha value is -2.79. The molecule has 5 heteroatoms. The summed E-state index contributed by atoms with van der Waals surface area (Å²) in [6.45, 7) is 0.169. The number of aliphatic hydroxyl groups is 1. The van der Waals surface area contributed by atoms with Crippen molar-refractivity contribution in [1.82, 2.24) is 15.3 Å². The summed E-state index contributed by atoms with van der Waals surface area (Å²) in [5.74, 6) is -0.338. The van der Waals surface area contributed by atoms with Crippen molar-refractivity contribution in [2.75, 3.05) is 6.54 Å². The zero-order valence-electron chi connectivity index (χ0n) is 12.5. The molecule has 3 rings (SSSR count). The Morgan fingerprint density at radius 2 is 1.74 bits per heavy atom. The average molecular weight is 307 g/mol. The first-order valence-electron chi connectivity index (χ1n) is 7.44. The second-order valence-corrected chi connectivity index (χ2v) is 5.30. The van der Waals surface area contributed by atoms with Gasteiger partial charge in [0.05, 0.1) is 23.3 Å². The SMILES string of the molecule is O=C(NCC(O)Cc1ccccc1)c1cnc2ccccc2n1. The van der Waals surface area contributed by atoms with Crippen LogP contribution in [0.3, 0.4) is 0 Å². The van der Waals surface area contributed by atoms with E-state index in [4.69, 9.17) is 0 Å². The Balaban J connectivity index is 1.59. The standard InChI is InChI=1S/C18H17N3O2/c22-14(10-13-6-2-1-3-7-13)11-20-18(23)17-12-19-15-8-4-5-9-16(15)21-17/h1-9,12,14,22H,10-11H2,(H,20,23). The molecule has 0 aliphatic rings. The minimum atomic E-state index is -0.644. The number of nitrogens with one attached hydrogen (secondary N) is 1. The van der Waals surface area contributed by atoms with Gasteiger partial charge in [-0.25, -0.2) is 4.98 Å². The molecule has 1 aromatic heterocycles. The molecule has 1 amide bonds. The zero-order valence-corrected chi connectivity index (χ0v) is 12.5. The molecule has 1 unspecified atom stereocenters. The Morgan fingerprint density at radius 3 is 2.52 bits per heavy atom. The van der Waals surface area contributed by atoms with Crippen LogP contribution in [0.1, 0.15) is 16.1 Å². The highest BCUT2D eigenvalue weighted by Gasteiger charge is 2.11. The number of hydrogen-bond donors (Lipinski definition) is 2. The van der Waals surface area contributed by atoms with Crippen LogP contribution in [0.4, 0.5) is 0 Å². The van der Waals surface area contributed by atoms with E-state index in [9.17, 15) is 9.90 Å². The first-order valence-corrected chi connectivity index (χ1v) is 7.44. The zero-order chi connectivity index (χ0) is 16.1. The third kappa shape index (κ3) is 3.90. The molecule has 23 heavy (non-hydrogen) atoms. The topological polar surface area (TPSA) is 75.1 Å². The minimum absolute atomic E-state index is 0.169. The molecule has 5 nitrogen and oxygen atoms in total. The lowest BCUT2D eigenvalue weighted by Crippen LogP contribution is -2.33. The van der Waals surface area contributed by atoms with Crippen molar-refractivity contribution in [3.05, 3.63) is 72.1 Å². The number of benzene rings is 2. The third-order valence-corrected chi connectivity index (χ3v) is 3.49. The fourth-order valence-corrected chi connectivity index (χ4v) is 2.33. The number of rotatable bonds is 5. The van der Waals surface area contributed by atoms with Crippen molar-refractivity contribution < 1.29 is 9.90 Å². The van der Waals surface area contributed by atoms with Crippen LogP contribution >= 0.6 is 0 Å². The number of carbonyl (C=O) groups excluding carboxylic acids is 1. The second-order valence-electron chi connectivity index (χ2n) is 5.30. The lowest BCUT2D eigenvalue weighted by Gasteiger charge is -2.11. The van der Waals surface area contributed by atoms with Crippen LogP contribution in [0.2, 0.25) is 0 Å². The smallest absolute Gasteiger partial charge is 0.271 e. The number of hydrogen-bond acceptors (Lipinski definition) is 4. The molecule has 0 radical (unpaired) electrons. The van der Waals surface area contributed by atoms with E-state index in [0.29, 0.717) is 11.9 Å². The minimum Gasteiger partial charge on any atom is -0.391 e. The van der Waals surface area contributed by atoms with Gasteiger partial charge in [-0.05, 0) is 17.7 Å². The van der Waals surface area contributed by atoms with Crippen molar-refractivity contribution in [1.29, 1.82) is 0 Å². The van der Waals surface area contributed by atoms with Crippen LogP contribution in [-0.4, -0.2) is 33.6 Å². The molecule has 0 saturated heterocycles. The Kier molecular flexibility index (Phi) is 4.59. The summed E-state index contributed by atoms with van der Waals surface area (Å²) in [6.07, 6.45) is 1.29. The van der Waals surface area contributed by atoms with Gasteiger partial charge in [0.15, 0.2) is 0 Å². The summed E-state index contributed by atoms with van der Waals surface area (Å²) < 4.78 is 0. The van der Waals surface area contributed by atoms with Gasteiger partial charge in [-0.2, -0.15) is 0 Å². The van der Waals surface area contributed by atoms with Crippen molar-refractivity contribution in [2.45, 2.75) is 12.5 Å². The number of carbonyl (C=O) groups is 1. The van der Waals surface area contributed by atoms with E-state index in [1.807, 2.05) is 54.6 Å². The lowest BCUT2D eigenvalue weighted by molar-refractivity contribution is 0.0911. The maximum absolute atomic E-state index is 12.1. The molecule has 0 aliphatic heterocycles. The first kappa shape index (κ1) is 15.1. The normalized spacial score (nSPS) is 12.0. The lowest BCUT2D eigenvalue weighted by atomic mass is 10.1. The number of aliphatic hydroxyl groups excluding tert-OH is 1. The Labute approximate surface area is 134 Å². The van der Waals surface area contributed by atoms with E-state index >= 15 is 0 Å². The summed E-state index contributed by atoms with van der Waals surface area (Å²) in [5, 5.41) is 12.7. The number of amides is 1. The summed E-state index contributed by atoms with van der Waals surface area (Å²) in [5.41, 5.74) is 2.69. The molecule has 1 atom stereocenters. The average Bonchev–Trinajstić information content (AvgIpc) is 2.60. The number of nitrogens with zero attached hydrogens (tertiary/aromatic N) is 2. The maximum atomic E-state index is 12.1. The molecule has 116 valence electrons. The van der Waals surface area contributed by atoms with Gasteiger partial charge in [0.25, 0.3) is 5.91 Å². The highest BCUT2D eigenvalue weighted by atomic mass is 16.3. The molecule has 3 aromatic rings. The maximum Gasteiger partial charge on any atom is 0.271 e. The molecule has 0 spiro atoms. The number of fused-ring (bicyclic) bond motifs is 1. The van der Waals surface area contributed by atoms with Crippen LogP contribution in [0.25, 0.3) is 11.0 Å². The molecule has 1 heterocycles. The fraction of sp³-hybridized carbons (Fsp3) is 0.167. The highest BCUT2D eigenvalue weighted by Crippen LogP contribution is 2.08.